The molecule has 0 unspecified atom stereocenters. The standard InChI is InChI=1S/C19H14N2O5S/c1-26-15-8-7-11(9-13(15)18(24)25)10-14-16(22)20-19(27)21(17(14)23)12-5-3-2-4-6-12/h2-10H,1H3,(H,24,25)(H,20,22,27)/b14-10+. The minimum absolute atomic E-state index is 0.0192. The Hall–Kier alpha value is -3.52. The number of rotatable bonds is 4. The van der Waals surface area contributed by atoms with E-state index in [1.165, 1.54) is 30.2 Å². The van der Waals surface area contributed by atoms with E-state index in [-0.39, 0.29) is 22.0 Å². The van der Waals surface area contributed by atoms with Gasteiger partial charge in [0.15, 0.2) is 5.11 Å². The lowest BCUT2D eigenvalue weighted by Crippen LogP contribution is -2.54. The average Bonchev–Trinajstić information content (AvgIpc) is 2.65. The highest BCUT2D eigenvalue weighted by molar-refractivity contribution is 7.80. The van der Waals surface area contributed by atoms with Crippen LogP contribution in [0.15, 0.2) is 54.1 Å². The quantitative estimate of drug-likeness (QED) is 0.478. The second-order valence-corrected chi connectivity index (χ2v) is 5.94. The van der Waals surface area contributed by atoms with Crippen LogP contribution in [0.3, 0.4) is 0 Å². The Labute approximate surface area is 159 Å². The van der Waals surface area contributed by atoms with Crippen LogP contribution >= 0.6 is 12.2 Å². The third-order valence-corrected chi connectivity index (χ3v) is 4.17. The highest BCUT2D eigenvalue weighted by atomic mass is 32.1. The van der Waals surface area contributed by atoms with Gasteiger partial charge in [-0.3, -0.25) is 19.8 Å². The van der Waals surface area contributed by atoms with E-state index in [2.05, 4.69) is 5.32 Å². The summed E-state index contributed by atoms with van der Waals surface area (Å²) in [6, 6.07) is 13.0. The first kappa shape index (κ1) is 18.3. The van der Waals surface area contributed by atoms with Gasteiger partial charge in [0, 0.05) is 0 Å². The zero-order valence-corrected chi connectivity index (χ0v) is 14.9. The number of thiocarbonyl (C=S) groups is 1. The zero-order valence-electron chi connectivity index (χ0n) is 14.1. The van der Waals surface area contributed by atoms with E-state index in [1.807, 2.05) is 0 Å². The molecule has 0 saturated carbocycles. The number of hydrogen-bond acceptors (Lipinski definition) is 5. The van der Waals surface area contributed by atoms with Gasteiger partial charge in [-0.2, -0.15) is 0 Å². The predicted octanol–water partition coefficient (Wildman–Crippen LogP) is 2.22. The molecule has 0 spiro atoms. The van der Waals surface area contributed by atoms with Crippen LogP contribution in [0.25, 0.3) is 6.08 Å². The van der Waals surface area contributed by atoms with E-state index in [9.17, 15) is 19.5 Å². The minimum atomic E-state index is -1.18. The van der Waals surface area contributed by atoms with Gasteiger partial charge >= 0.3 is 5.97 Å². The normalized spacial score (nSPS) is 15.7. The summed E-state index contributed by atoms with van der Waals surface area (Å²) in [5.74, 6) is -2.25. The monoisotopic (exact) mass is 382 g/mol. The average molecular weight is 382 g/mol. The van der Waals surface area contributed by atoms with Gasteiger partial charge in [0.25, 0.3) is 11.8 Å². The van der Waals surface area contributed by atoms with E-state index >= 15 is 0 Å². The van der Waals surface area contributed by atoms with Crippen LogP contribution in [-0.2, 0) is 9.59 Å². The molecule has 0 aromatic heterocycles. The van der Waals surface area contributed by atoms with Crippen LogP contribution in [0.5, 0.6) is 5.75 Å². The second-order valence-electron chi connectivity index (χ2n) is 5.56. The topological polar surface area (TPSA) is 95.9 Å². The summed E-state index contributed by atoms with van der Waals surface area (Å²) in [5, 5.41) is 11.7. The lowest BCUT2D eigenvalue weighted by molar-refractivity contribution is -0.122. The number of aromatic carboxylic acids is 1. The molecule has 27 heavy (non-hydrogen) atoms. The summed E-state index contributed by atoms with van der Waals surface area (Å²) >= 11 is 5.12. The molecule has 0 aliphatic carbocycles. The second kappa shape index (κ2) is 7.38. The number of benzene rings is 2. The summed E-state index contributed by atoms with van der Waals surface area (Å²) in [7, 11) is 1.36. The van der Waals surface area contributed by atoms with Gasteiger partial charge in [0.05, 0.1) is 12.8 Å². The third-order valence-electron chi connectivity index (χ3n) is 3.88. The molecule has 1 saturated heterocycles. The number of carboxylic acids is 1. The molecule has 1 heterocycles. The Morgan fingerprint density at radius 2 is 1.89 bits per heavy atom. The Morgan fingerprint density at radius 3 is 2.52 bits per heavy atom. The fraction of sp³-hybridized carbons (Fsp3) is 0.0526. The van der Waals surface area contributed by atoms with Crippen molar-refractivity contribution in [3.8, 4) is 5.75 Å². The summed E-state index contributed by atoms with van der Waals surface area (Å²) in [5.41, 5.74) is 0.645. The van der Waals surface area contributed by atoms with Crippen molar-refractivity contribution in [1.82, 2.24) is 5.32 Å². The van der Waals surface area contributed by atoms with Crippen molar-refractivity contribution in [3.05, 3.63) is 65.2 Å². The van der Waals surface area contributed by atoms with Gasteiger partial charge in [0.1, 0.15) is 16.9 Å². The van der Waals surface area contributed by atoms with Crippen LogP contribution < -0.4 is 15.0 Å². The molecule has 7 nitrogen and oxygen atoms in total. The van der Waals surface area contributed by atoms with Crippen molar-refractivity contribution in [3.63, 3.8) is 0 Å². The van der Waals surface area contributed by atoms with E-state index in [1.54, 1.807) is 36.4 Å². The number of para-hydroxylation sites is 1. The van der Waals surface area contributed by atoms with Gasteiger partial charge in [-0.05, 0) is 48.1 Å². The van der Waals surface area contributed by atoms with Crippen molar-refractivity contribution in [1.29, 1.82) is 0 Å². The van der Waals surface area contributed by atoms with Gasteiger partial charge < -0.3 is 9.84 Å². The third kappa shape index (κ3) is 3.56. The number of methoxy groups -OCH3 is 1. The highest BCUT2D eigenvalue weighted by Crippen LogP contribution is 2.24. The number of hydrogen-bond donors (Lipinski definition) is 2. The molecule has 0 radical (unpaired) electrons. The van der Waals surface area contributed by atoms with Crippen LogP contribution in [-0.4, -0.2) is 35.1 Å². The molecule has 1 aliphatic rings. The van der Waals surface area contributed by atoms with Gasteiger partial charge in [-0.25, -0.2) is 4.79 Å². The van der Waals surface area contributed by atoms with Crippen molar-refractivity contribution in [2.24, 2.45) is 0 Å². The fourth-order valence-corrected chi connectivity index (χ4v) is 2.90. The molecule has 1 fully saturated rings. The first-order valence-corrected chi connectivity index (χ1v) is 8.21. The minimum Gasteiger partial charge on any atom is -0.496 e. The molecule has 2 amide bonds. The largest absolute Gasteiger partial charge is 0.496 e. The molecule has 2 aromatic carbocycles. The number of carboxylic acid groups (broad SMARTS) is 1. The van der Waals surface area contributed by atoms with Crippen LogP contribution in [0.4, 0.5) is 5.69 Å². The number of ether oxygens (including phenoxy) is 1. The summed E-state index contributed by atoms with van der Waals surface area (Å²) < 4.78 is 5.01. The molecule has 3 rings (SSSR count). The van der Waals surface area contributed by atoms with Crippen LogP contribution in [0.1, 0.15) is 15.9 Å². The van der Waals surface area contributed by atoms with Crippen LogP contribution in [0, 0.1) is 0 Å². The molecule has 1 aliphatic heterocycles. The summed E-state index contributed by atoms with van der Waals surface area (Å²) in [6.45, 7) is 0. The fourth-order valence-electron chi connectivity index (χ4n) is 2.62. The molecular weight excluding hydrogens is 368 g/mol. The Morgan fingerprint density at radius 1 is 1.19 bits per heavy atom. The number of carbonyl (C=O) groups is 3. The molecular formula is C19H14N2O5S. The Balaban J connectivity index is 2.03. The first-order valence-electron chi connectivity index (χ1n) is 7.80. The maximum absolute atomic E-state index is 12.9. The van der Waals surface area contributed by atoms with Crippen molar-refractivity contribution in [2.45, 2.75) is 0 Å². The van der Waals surface area contributed by atoms with E-state index in [0.717, 1.165) is 0 Å². The molecule has 8 heteroatoms. The van der Waals surface area contributed by atoms with E-state index < -0.39 is 17.8 Å². The highest BCUT2D eigenvalue weighted by Gasteiger charge is 2.34. The number of nitrogens with one attached hydrogen (secondary N) is 1. The Bertz CT molecular complexity index is 985. The summed E-state index contributed by atoms with van der Waals surface area (Å²) in [4.78, 5) is 37.7. The van der Waals surface area contributed by atoms with Crippen molar-refractivity contribution < 1.29 is 24.2 Å². The maximum atomic E-state index is 12.9. The molecule has 2 N–H and O–H groups in total. The molecule has 2 aromatic rings. The SMILES string of the molecule is COc1ccc(/C=C2\C(=O)NC(=S)N(c3ccccc3)C2=O)cc1C(=O)O. The Kier molecular flexibility index (Phi) is 5.00. The summed E-state index contributed by atoms with van der Waals surface area (Å²) in [6.07, 6.45) is 1.32. The number of nitrogens with zero attached hydrogens (tertiary/aromatic N) is 1. The smallest absolute Gasteiger partial charge is 0.339 e. The molecule has 136 valence electrons. The first-order chi connectivity index (χ1) is 12.9. The van der Waals surface area contributed by atoms with Gasteiger partial charge in [-0.1, -0.05) is 24.3 Å². The maximum Gasteiger partial charge on any atom is 0.339 e. The lowest BCUT2D eigenvalue weighted by atomic mass is 10.0. The van der Waals surface area contributed by atoms with Gasteiger partial charge in [0.2, 0.25) is 0 Å². The number of carbonyl (C=O) groups excluding carboxylic acids is 2. The van der Waals surface area contributed by atoms with Crippen molar-refractivity contribution in [2.75, 3.05) is 12.0 Å². The predicted molar refractivity (Wildman–Crippen MR) is 103 cm³/mol. The molecule has 0 atom stereocenters. The van der Waals surface area contributed by atoms with E-state index in [4.69, 9.17) is 17.0 Å². The van der Waals surface area contributed by atoms with Crippen LogP contribution in [0.2, 0.25) is 0 Å². The lowest BCUT2D eigenvalue weighted by Gasteiger charge is -2.28. The number of anilines is 1. The zero-order chi connectivity index (χ0) is 19.6. The van der Waals surface area contributed by atoms with Crippen molar-refractivity contribution >= 4 is 46.9 Å². The molecule has 0 bridgehead atoms. The van der Waals surface area contributed by atoms with E-state index in [0.29, 0.717) is 11.3 Å². The van der Waals surface area contributed by atoms with Gasteiger partial charge in [-0.15, -0.1) is 0 Å². The number of amides is 2.